The van der Waals surface area contributed by atoms with Gasteiger partial charge in [-0.3, -0.25) is 0 Å². The lowest BCUT2D eigenvalue weighted by atomic mass is 10.1. The van der Waals surface area contributed by atoms with Gasteiger partial charge in [-0.2, -0.15) is 5.26 Å². The summed E-state index contributed by atoms with van der Waals surface area (Å²) in [6.45, 7) is 0. The molecule has 0 amide bonds. The zero-order valence-electron chi connectivity index (χ0n) is 6.01. The minimum atomic E-state index is -0.724. The summed E-state index contributed by atoms with van der Waals surface area (Å²) in [7, 11) is 0. The van der Waals surface area contributed by atoms with Crippen LogP contribution < -0.4 is 0 Å². The molecular weight excluding hydrogens is 181 g/mol. The molecule has 1 N–H and O–H groups in total. The largest absolute Gasteiger partial charge is 0.508 e. The summed E-state index contributed by atoms with van der Waals surface area (Å²) in [4.78, 5) is 0. The Kier molecular flexibility index (Phi) is 2.51. The second-order valence-electron chi connectivity index (χ2n) is 2.19. The molecule has 0 atom stereocenters. The third-order valence-electron chi connectivity index (χ3n) is 1.43. The van der Waals surface area contributed by atoms with Crippen LogP contribution in [0.1, 0.15) is 5.56 Å². The normalized spacial score (nSPS) is 9.42. The number of halogens is 2. The van der Waals surface area contributed by atoms with Crippen LogP contribution in [0, 0.1) is 17.1 Å². The van der Waals surface area contributed by atoms with Crippen LogP contribution in [-0.2, 0) is 6.42 Å². The van der Waals surface area contributed by atoms with E-state index in [9.17, 15) is 4.39 Å². The third kappa shape index (κ3) is 1.49. The molecule has 0 saturated carbocycles. The second kappa shape index (κ2) is 3.42. The van der Waals surface area contributed by atoms with Gasteiger partial charge in [0.1, 0.15) is 11.6 Å². The Morgan fingerprint density at radius 1 is 1.58 bits per heavy atom. The number of hydrogen-bond donors (Lipinski definition) is 1. The van der Waals surface area contributed by atoms with Crippen molar-refractivity contribution >= 4 is 11.6 Å². The van der Waals surface area contributed by atoms with E-state index in [0.29, 0.717) is 0 Å². The van der Waals surface area contributed by atoms with Gasteiger partial charge in [-0.05, 0) is 12.1 Å². The van der Waals surface area contributed by atoms with Crippen LogP contribution in [0.25, 0.3) is 0 Å². The lowest BCUT2D eigenvalue weighted by molar-refractivity contribution is 0.461. The number of hydrogen-bond acceptors (Lipinski definition) is 2. The maximum absolute atomic E-state index is 13.0. The average molecular weight is 186 g/mol. The molecule has 0 saturated heterocycles. The van der Waals surface area contributed by atoms with Crippen molar-refractivity contribution in [2.45, 2.75) is 6.42 Å². The summed E-state index contributed by atoms with van der Waals surface area (Å²) in [5, 5.41) is 17.3. The molecule has 0 fully saturated rings. The van der Waals surface area contributed by atoms with Crippen molar-refractivity contribution in [3.8, 4) is 11.8 Å². The topological polar surface area (TPSA) is 44.0 Å². The molecule has 2 nitrogen and oxygen atoms in total. The monoisotopic (exact) mass is 185 g/mol. The standard InChI is InChI=1S/C8H5ClFNO/c9-6-1-2-7(12)5(3-4-11)8(6)10/h1-2,12H,3H2. The van der Waals surface area contributed by atoms with E-state index in [-0.39, 0.29) is 22.8 Å². The van der Waals surface area contributed by atoms with E-state index >= 15 is 0 Å². The molecule has 0 spiro atoms. The van der Waals surface area contributed by atoms with Crippen LogP contribution in [0.4, 0.5) is 4.39 Å². The first-order valence-electron chi connectivity index (χ1n) is 3.19. The van der Waals surface area contributed by atoms with Crippen molar-refractivity contribution in [3.05, 3.63) is 28.5 Å². The number of rotatable bonds is 1. The van der Waals surface area contributed by atoms with Crippen LogP contribution >= 0.6 is 11.6 Å². The van der Waals surface area contributed by atoms with Gasteiger partial charge in [-0.15, -0.1) is 0 Å². The maximum atomic E-state index is 13.0. The number of nitrogens with zero attached hydrogens (tertiary/aromatic N) is 1. The van der Waals surface area contributed by atoms with Crippen molar-refractivity contribution in [2.75, 3.05) is 0 Å². The number of benzene rings is 1. The van der Waals surface area contributed by atoms with E-state index in [1.807, 2.05) is 0 Å². The molecular formula is C8H5ClFNO. The smallest absolute Gasteiger partial charge is 0.149 e. The molecule has 4 heteroatoms. The summed E-state index contributed by atoms with van der Waals surface area (Å²) in [6, 6.07) is 4.24. The summed E-state index contributed by atoms with van der Waals surface area (Å²) in [5.74, 6) is -0.961. The zero-order valence-corrected chi connectivity index (χ0v) is 6.77. The number of phenols is 1. The fourth-order valence-electron chi connectivity index (χ4n) is 0.830. The molecule has 0 aromatic heterocycles. The minimum absolute atomic E-state index is 0.0509. The second-order valence-corrected chi connectivity index (χ2v) is 2.60. The fourth-order valence-corrected chi connectivity index (χ4v) is 1.01. The van der Waals surface area contributed by atoms with Gasteiger partial charge in [-0.1, -0.05) is 11.6 Å². The molecule has 12 heavy (non-hydrogen) atoms. The van der Waals surface area contributed by atoms with Crippen molar-refractivity contribution < 1.29 is 9.50 Å². The van der Waals surface area contributed by atoms with Gasteiger partial charge in [0.05, 0.1) is 17.5 Å². The molecule has 0 aliphatic carbocycles. The number of nitriles is 1. The first kappa shape index (κ1) is 8.82. The molecule has 1 rings (SSSR count). The van der Waals surface area contributed by atoms with Crippen molar-refractivity contribution in [1.82, 2.24) is 0 Å². The van der Waals surface area contributed by atoms with E-state index in [0.717, 1.165) is 0 Å². The van der Waals surface area contributed by atoms with Gasteiger partial charge in [-0.25, -0.2) is 4.39 Å². The summed E-state index contributed by atoms with van der Waals surface area (Å²) in [5.41, 5.74) is -0.0509. The van der Waals surface area contributed by atoms with Gasteiger partial charge in [0.2, 0.25) is 0 Å². The van der Waals surface area contributed by atoms with Gasteiger partial charge < -0.3 is 5.11 Å². The Bertz CT molecular complexity index is 346. The Morgan fingerprint density at radius 2 is 2.25 bits per heavy atom. The first-order chi connectivity index (χ1) is 5.66. The highest BCUT2D eigenvalue weighted by molar-refractivity contribution is 6.30. The number of aromatic hydroxyl groups is 1. The Balaban J connectivity index is 3.25. The molecule has 0 unspecified atom stereocenters. The Labute approximate surface area is 73.8 Å². The van der Waals surface area contributed by atoms with Crippen LogP contribution in [-0.4, -0.2) is 5.11 Å². The van der Waals surface area contributed by atoms with Crippen LogP contribution in [0.5, 0.6) is 5.75 Å². The van der Waals surface area contributed by atoms with Crippen molar-refractivity contribution in [2.24, 2.45) is 0 Å². The molecule has 0 bridgehead atoms. The SMILES string of the molecule is N#CCc1c(O)ccc(Cl)c1F. The zero-order chi connectivity index (χ0) is 9.14. The van der Waals surface area contributed by atoms with Crippen LogP contribution in [0.15, 0.2) is 12.1 Å². The van der Waals surface area contributed by atoms with Gasteiger partial charge in [0.25, 0.3) is 0 Å². The predicted molar refractivity (Wildman–Crippen MR) is 42.4 cm³/mol. The fraction of sp³-hybridized carbons (Fsp3) is 0.125. The highest BCUT2D eigenvalue weighted by Gasteiger charge is 2.10. The van der Waals surface area contributed by atoms with Crippen LogP contribution in [0.3, 0.4) is 0 Å². The molecule has 0 aliphatic heterocycles. The quantitative estimate of drug-likeness (QED) is 0.729. The Hall–Kier alpha value is -1.27. The highest BCUT2D eigenvalue weighted by Crippen LogP contribution is 2.26. The lowest BCUT2D eigenvalue weighted by Gasteiger charge is -2.02. The minimum Gasteiger partial charge on any atom is -0.508 e. The highest BCUT2D eigenvalue weighted by atomic mass is 35.5. The van der Waals surface area contributed by atoms with Crippen LogP contribution in [0.2, 0.25) is 5.02 Å². The van der Waals surface area contributed by atoms with E-state index in [1.165, 1.54) is 12.1 Å². The van der Waals surface area contributed by atoms with Gasteiger partial charge >= 0.3 is 0 Å². The first-order valence-corrected chi connectivity index (χ1v) is 3.57. The molecule has 0 radical (unpaired) electrons. The summed E-state index contributed by atoms with van der Waals surface area (Å²) in [6.07, 6.45) is -0.182. The summed E-state index contributed by atoms with van der Waals surface area (Å²) >= 11 is 5.43. The predicted octanol–water partition coefficient (Wildman–Crippen LogP) is 2.25. The lowest BCUT2D eigenvalue weighted by Crippen LogP contribution is -1.90. The van der Waals surface area contributed by atoms with E-state index in [1.54, 1.807) is 6.07 Å². The Morgan fingerprint density at radius 3 is 2.83 bits per heavy atom. The van der Waals surface area contributed by atoms with Crippen molar-refractivity contribution in [3.63, 3.8) is 0 Å². The van der Waals surface area contributed by atoms with E-state index in [4.69, 9.17) is 22.0 Å². The van der Waals surface area contributed by atoms with E-state index in [2.05, 4.69) is 0 Å². The summed E-state index contributed by atoms with van der Waals surface area (Å²) < 4.78 is 13.0. The number of phenolic OH excluding ortho intramolecular Hbond substituents is 1. The van der Waals surface area contributed by atoms with Gasteiger partial charge in [0.15, 0.2) is 0 Å². The third-order valence-corrected chi connectivity index (χ3v) is 1.72. The molecule has 0 aliphatic rings. The van der Waals surface area contributed by atoms with E-state index < -0.39 is 5.82 Å². The molecule has 62 valence electrons. The average Bonchev–Trinajstić information content (AvgIpc) is 2.06. The van der Waals surface area contributed by atoms with Gasteiger partial charge in [0, 0.05) is 5.56 Å². The maximum Gasteiger partial charge on any atom is 0.149 e. The molecule has 0 heterocycles. The molecule has 1 aromatic rings. The molecule has 1 aromatic carbocycles. The van der Waals surface area contributed by atoms with Crippen molar-refractivity contribution in [1.29, 1.82) is 5.26 Å².